The van der Waals surface area contributed by atoms with Gasteiger partial charge in [0.1, 0.15) is 11.2 Å². The number of rotatable bonds is 3. The summed E-state index contributed by atoms with van der Waals surface area (Å²) < 4.78 is 15.5. The highest BCUT2D eigenvalue weighted by molar-refractivity contribution is 6.30. The van der Waals surface area contributed by atoms with Gasteiger partial charge in [-0.2, -0.15) is 10.4 Å². The fourth-order valence-electron chi connectivity index (χ4n) is 1.70. The molecular weight excluding hydrogens is 269 g/mol. The molecule has 1 aliphatic rings. The lowest BCUT2D eigenvalue weighted by molar-refractivity contribution is 0.624. The second-order valence-corrected chi connectivity index (χ2v) is 4.66. The van der Waals surface area contributed by atoms with Crippen LogP contribution in [-0.2, 0) is 0 Å². The van der Waals surface area contributed by atoms with Crippen LogP contribution in [0.5, 0.6) is 0 Å². The number of nitriles is 1. The zero-order valence-electron chi connectivity index (χ0n) is 9.77. The van der Waals surface area contributed by atoms with Gasteiger partial charge >= 0.3 is 0 Å². The highest BCUT2D eigenvalue weighted by atomic mass is 35.5. The first kappa shape index (κ1) is 11.9. The van der Waals surface area contributed by atoms with Crippen LogP contribution < -0.4 is 5.32 Å². The van der Waals surface area contributed by atoms with E-state index in [-0.39, 0.29) is 16.5 Å². The van der Waals surface area contributed by atoms with Gasteiger partial charge in [-0.05, 0) is 18.9 Å². The van der Waals surface area contributed by atoms with Gasteiger partial charge in [-0.1, -0.05) is 11.6 Å². The molecule has 0 saturated heterocycles. The van der Waals surface area contributed by atoms with E-state index in [9.17, 15) is 4.39 Å². The van der Waals surface area contributed by atoms with E-state index in [1.165, 1.54) is 0 Å². The third-order valence-corrected chi connectivity index (χ3v) is 3.11. The Hall–Kier alpha value is -2.13. The Morgan fingerprint density at radius 3 is 3.00 bits per heavy atom. The minimum atomic E-state index is -0.637. The van der Waals surface area contributed by atoms with Crippen LogP contribution in [-0.4, -0.2) is 14.8 Å². The summed E-state index contributed by atoms with van der Waals surface area (Å²) in [5.41, 5.74) is 0.00762. The Morgan fingerprint density at radius 1 is 1.53 bits per heavy atom. The van der Waals surface area contributed by atoms with E-state index in [4.69, 9.17) is 16.9 Å². The van der Waals surface area contributed by atoms with Gasteiger partial charge in [0.15, 0.2) is 17.5 Å². The van der Waals surface area contributed by atoms with E-state index in [1.54, 1.807) is 12.1 Å². The van der Waals surface area contributed by atoms with Gasteiger partial charge in [0.2, 0.25) is 0 Å². The maximum atomic E-state index is 13.7. The number of nitrogens with zero attached hydrogens (tertiary/aromatic N) is 4. The lowest BCUT2D eigenvalue weighted by Crippen LogP contribution is -2.01. The summed E-state index contributed by atoms with van der Waals surface area (Å²) in [7, 11) is 0. The topological polar surface area (TPSA) is 66.5 Å². The number of hydrogen-bond donors (Lipinski definition) is 1. The van der Waals surface area contributed by atoms with Crippen molar-refractivity contribution in [3.05, 3.63) is 34.9 Å². The Bertz CT molecular complexity index is 671. The Labute approximate surface area is 113 Å². The van der Waals surface area contributed by atoms with Gasteiger partial charge in [-0.25, -0.2) is 9.37 Å². The highest BCUT2D eigenvalue weighted by Gasteiger charge is 2.24. The molecule has 1 saturated carbocycles. The van der Waals surface area contributed by atoms with Crippen LogP contribution in [0.2, 0.25) is 5.15 Å². The first-order chi connectivity index (χ1) is 9.17. The monoisotopic (exact) mass is 277 g/mol. The second-order valence-electron chi connectivity index (χ2n) is 4.31. The Morgan fingerprint density at radius 2 is 2.32 bits per heavy atom. The molecule has 2 aromatic rings. The summed E-state index contributed by atoms with van der Waals surface area (Å²) in [4.78, 5) is 3.82. The summed E-state index contributed by atoms with van der Waals surface area (Å²) in [6, 6.07) is 5.02. The van der Waals surface area contributed by atoms with Crippen molar-refractivity contribution in [1.82, 2.24) is 14.8 Å². The minimum absolute atomic E-state index is 0.00762. The van der Waals surface area contributed by atoms with Crippen molar-refractivity contribution in [1.29, 1.82) is 5.26 Å². The Balaban J connectivity index is 1.85. The predicted molar refractivity (Wildman–Crippen MR) is 67.7 cm³/mol. The largest absolute Gasteiger partial charge is 0.321 e. The van der Waals surface area contributed by atoms with E-state index in [2.05, 4.69) is 15.4 Å². The zero-order chi connectivity index (χ0) is 13.4. The van der Waals surface area contributed by atoms with Gasteiger partial charge < -0.3 is 5.32 Å². The molecule has 1 fully saturated rings. The van der Waals surface area contributed by atoms with Crippen molar-refractivity contribution in [3.63, 3.8) is 0 Å². The van der Waals surface area contributed by atoms with E-state index < -0.39 is 5.82 Å². The quantitative estimate of drug-likeness (QED) is 0.876. The number of nitrogens with one attached hydrogen (secondary N) is 1. The fraction of sp³-hybridized carbons (Fsp3) is 0.250. The zero-order valence-corrected chi connectivity index (χ0v) is 10.5. The molecule has 1 aliphatic carbocycles. The van der Waals surface area contributed by atoms with Crippen LogP contribution in [0.1, 0.15) is 24.4 Å². The van der Waals surface area contributed by atoms with Crippen molar-refractivity contribution in [2.24, 2.45) is 0 Å². The summed E-state index contributed by atoms with van der Waals surface area (Å²) in [5, 5.41) is 15.7. The smallest absolute Gasteiger partial charge is 0.169 e. The van der Waals surface area contributed by atoms with E-state index in [1.807, 2.05) is 10.9 Å². The molecule has 0 atom stereocenters. The third kappa shape index (κ3) is 2.37. The molecule has 19 heavy (non-hydrogen) atoms. The normalized spacial score (nSPS) is 14.2. The molecular formula is C12H9ClFN5. The maximum absolute atomic E-state index is 13.7. The number of aromatic nitrogens is 3. The highest BCUT2D eigenvalue weighted by Crippen LogP contribution is 2.34. The molecule has 0 radical (unpaired) electrons. The molecule has 2 aromatic heterocycles. The molecule has 0 aliphatic heterocycles. The van der Waals surface area contributed by atoms with Gasteiger partial charge in [-0.3, -0.25) is 4.68 Å². The lowest BCUT2D eigenvalue weighted by atomic mass is 10.3. The van der Waals surface area contributed by atoms with Crippen molar-refractivity contribution < 1.29 is 4.39 Å². The molecule has 0 spiro atoms. The molecule has 0 aromatic carbocycles. The molecule has 5 nitrogen and oxygen atoms in total. The maximum Gasteiger partial charge on any atom is 0.169 e. The molecule has 7 heteroatoms. The van der Waals surface area contributed by atoms with Crippen molar-refractivity contribution in [3.8, 4) is 6.07 Å². The number of anilines is 2. The average Bonchev–Trinajstić information content (AvgIpc) is 3.14. The molecule has 0 bridgehead atoms. The van der Waals surface area contributed by atoms with Gasteiger partial charge in [-0.15, -0.1) is 0 Å². The summed E-state index contributed by atoms with van der Waals surface area (Å²) in [6.45, 7) is 0. The SMILES string of the molecule is N#Cc1cc(F)c(Nc2ccn(C3CC3)n2)nc1Cl. The third-order valence-electron chi connectivity index (χ3n) is 2.83. The van der Waals surface area contributed by atoms with Crippen LogP contribution in [0.15, 0.2) is 18.3 Å². The standard InChI is InChI=1S/C12H9ClFN5/c13-11-7(6-15)5-9(14)12(17-11)16-10-3-4-19(18-10)8-1-2-8/h3-5,8H,1-2H2,(H,16,17,18). The first-order valence-corrected chi connectivity index (χ1v) is 6.13. The summed E-state index contributed by atoms with van der Waals surface area (Å²) in [6.07, 6.45) is 4.08. The van der Waals surface area contributed by atoms with Crippen LogP contribution in [0, 0.1) is 17.1 Å². The predicted octanol–water partition coefficient (Wildman–Crippen LogP) is 3.02. The van der Waals surface area contributed by atoms with Crippen molar-refractivity contribution >= 4 is 23.2 Å². The van der Waals surface area contributed by atoms with Crippen LogP contribution in [0.25, 0.3) is 0 Å². The minimum Gasteiger partial charge on any atom is -0.321 e. The second kappa shape index (κ2) is 4.52. The van der Waals surface area contributed by atoms with E-state index >= 15 is 0 Å². The summed E-state index contributed by atoms with van der Waals surface area (Å²) in [5.74, 6) is -0.175. The average molecular weight is 278 g/mol. The first-order valence-electron chi connectivity index (χ1n) is 5.75. The van der Waals surface area contributed by atoms with Crippen molar-refractivity contribution in [2.45, 2.75) is 18.9 Å². The fourth-order valence-corrected chi connectivity index (χ4v) is 1.88. The molecule has 2 heterocycles. The molecule has 0 unspecified atom stereocenters. The number of pyridine rings is 1. The van der Waals surface area contributed by atoms with Gasteiger partial charge in [0, 0.05) is 12.3 Å². The Kier molecular flexibility index (Phi) is 2.84. The van der Waals surface area contributed by atoms with Crippen LogP contribution >= 0.6 is 11.6 Å². The van der Waals surface area contributed by atoms with Gasteiger partial charge in [0.05, 0.1) is 11.6 Å². The molecule has 3 rings (SSSR count). The summed E-state index contributed by atoms with van der Waals surface area (Å²) >= 11 is 5.77. The number of halogens is 2. The lowest BCUT2D eigenvalue weighted by Gasteiger charge is -2.05. The van der Waals surface area contributed by atoms with Crippen LogP contribution in [0.3, 0.4) is 0 Å². The molecule has 96 valence electrons. The number of hydrogen-bond acceptors (Lipinski definition) is 4. The van der Waals surface area contributed by atoms with E-state index in [0.29, 0.717) is 11.9 Å². The van der Waals surface area contributed by atoms with E-state index in [0.717, 1.165) is 18.9 Å². The molecule has 0 amide bonds. The molecule has 1 N–H and O–H groups in total. The van der Waals surface area contributed by atoms with Gasteiger partial charge in [0.25, 0.3) is 0 Å². The van der Waals surface area contributed by atoms with Crippen LogP contribution in [0.4, 0.5) is 16.0 Å². The van der Waals surface area contributed by atoms with Crippen molar-refractivity contribution in [2.75, 3.05) is 5.32 Å².